The number of Topliss-reactive ketones (excluding diaryl/α,β-unsaturated/α-hetero) is 1. The average molecular weight is 503 g/mol. The predicted octanol–water partition coefficient (Wildman–Crippen LogP) is 8.16. The second-order valence-electron chi connectivity index (χ2n) is 9.81. The smallest absolute Gasteiger partial charge is 0.176 e. The molecule has 0 aliphatic rings. The quantitative estimate of drug-likeness (QED) is 0.162. The van der Waals surface area contributed by atoms with Gasteiger partial charge in [0.15, 0.2) is 5.78 Å². The molecule has 36 heavy (non-hydrogen) atoms. The zero-order valence-electron chi connectivity index (χ0n) is 21.7. The lowest BCUT2D eigenvalue weighted by atomic mass is 9.86. The van der Waals surface area contributed by atoms with E-state index in [1.54, 1.807) is 18.9 Å². The largest absolute Gasteiger partial charge is 0.497 e. The van der Waals surface area contributed by atoms with Gasteiger partial charge in [0.2, 0.25) is 0 Å². The number of benzene rings is 4. The fraction of sp³-hybridized carbons (Fsp3) is 0.323. The third-order valence-corrected chi connectivity index (χ3v) is 7.79. The van der Waals surface area contributed by atoms with Crippen molar-refractivity contribution in [3.05, 3.63) is 78.4 Å². The summed E-state index contributed by atoms with van der Waals surface area (Å²) in [5.74, 6) is 3.23. The first kappa shape index (κ1) is 26.1. The lowest BCUT2D eigenvalue weighted by molar-refractivity contribution is 0.0952. The Morgan fingerprint density at radius 1 is 0.889 bits per heavy atom. The summed E-state index contributed by atoms with van der Waals surface area (Å²) in [6, 6.07) is 23.8. The number of carbonyl (C=O) groups is 1. The molecule has 0 saturated heterocycles. The van der Waals surface area contributed by atoms with Crippen molar-refractivity contribution in [1.29, 1.82) is 0 Å². The fourth-order valence-corrected chi connectivity index (χ4v) is 5.55. The van der Waals surface area contributed by atoms with Gasteiger partial charge in [0.1, 0.15) is 17.2 Å². The van der Waals surface area contributed by atoms with Crippen molar-refractivity contribution in [3.63, 3.8) is 0 Å². The molecule has 4 aromatic rings. The molecule has 4 aromatic carbocycles. The molecule has 188 valence electrons. The van der Waals surface area contributed by atoms with Crippen LogP contribution in [0.4, 0.5) is 0 Å². The molecule has 0 radical (unpaired) electrons. The molecule has 0 saturated carbocycles. The van der Waals surface area contributed by atoms with Gasteiger partial charge in [-0.25, -0.2) is 0 Å². The summed E-state index contributed by atoms with van der Waals surface area (Å²) in [6.45, 7) is 9.69. The summed E-state index contributed by atoms with van der Waals surface area (Å²) in [5.41, 5.74) is 0.547. The van der Waals surface area contributed by atoms with Crippen molar-refractivity contribution in [2.24, 2.45) is 5.41 Å². The summed E-state index contributed by atoms with van der Waals surface area (Å²) in [4.78, 5) is 13.8. The molecule has 0 N–H and O–H groups in total. The summed E-state index contributed by atoms with van der Waals surface area (Å²) in [6.07, 6.45) is 0. The maximum absolute atomic E-state index is 13.8. The predicted molar refractivity (Wildman–Crippen MR) is 151 cm³/mol. The van der Waals surface area contributed by atoms with Gasteiger partial charge in [-0.3, -0.25) is 4.79 Å². The van der Waals surface area contributed by atoms with E-state index in [0.29, 0.717) is 13.2 Å². The van der Waals surface area contributed by atoms with Gasteiger partial charge in [-0.15, -0.1) is 11.8 Å². The highest BCUT2D eigenvalue weighted by atomic mass is 32.2. The highest BCUT2D eigenvalue weighted by molar-refractivity contribution is 8.00. The molecule has 0 bridgehead atoms. The molecule has 0 fully saturated rings. The van der Waals surface area contributed by atoms with Crippen LogP contribution in [-0.4, -0.2) is 37.1 Å². The van der Waals surface area contributed by atoms with Crippen LogP contribution in [0, 0.1) is 5.41 Å². The van der Waals surface area contributed by atoms with Crippen LogP contribution < -0.4 is 9.47 Å². The normalized spacial score (nSPS) is 12.6. The van der Waals surface area contributed by atoms with Gasteiger partial charge < -0.3 is 14.2 Å². The number of thioether (sulfide) groups is 1. The molecule has 0 amide bonds. The molecule has 4 rings (SSSR count). The number of fused-ring (bicyclic) bond motifs is 2. The minimum atomic E-state index is -0.183. The first-order valence-corrected chi connectivity index (χ1v) is 13.4. The standard InChI is InChI=1S/C31H34O4S/c1-6-34-17-18-36-30(31(2,3)4)29(32)27-15-16-28(26-10-8-7-9-25(26)27)35-24-14-12-21-19-23(33-5)13-11-22(21)20-24/h7-16,19-20,30H,6,17-18H2,1-5H3. The van der Waals surface area contributed by atoms with E-state index in [9.17, 15) is 4.79 Å². The number of carbonyl (C=O) groups excluding carboxylic acids is 1. The number of hydrogen-bond acceptors (Lipinski definition) is 5. The van der Waals surface area contributed by atoms with E-state index in [2.05, 4.69) is 20.8 Å². The summed E-state index contributed by atoms with van der Waals surface area (Å²) >= 11 is 1.68. The van der Waals surface area contributed by atoms with Crippen LogP contribution in [0.15, 0.2) is 72.8 Å². The first-order chi connectivity index (χ1) is 17.3. The molecule has 0 aliphatic carbocycles. The van der Waals surface area contributed by atoms with Crippen molar-refractivity contribution in [2.45, 2.75) is 32.9 Å². The zero-order chi connectivity index (χ0) is 25.7. The molecule has 0 aromatic heterocycles. The van der Waals surface area contributed by atoms with Crippen molar-refractivity contribution in [3.8, 4) is 17.2 Å². The monoisotopic (exact) mass is 502 g/mol. The van der Waals surface area contributed by atoms with E-state index >= 15 is 0 Å². The minimum Gasteiger partial charge on any atom is -0.497 e. The van der Waals surface area contributed by atoms with E-state index in [-0.39, 0.29) is 16.4 Å². The Labute approximate surface area is 217 Å². The fourth-order valence-electron chi connectivity index (χ4n) is 4.32. The molecule has 0 heterocycles. The number of ketones is 1. The number of methoxy groups -OCH3 is 1. The molecule has 1 atom stereocenters. The Balaban J connectivity index is 1.65. The summed E-state index contributed by atoms with van der Waals surface area (Å²) in [7, 11) is 1.67. The van der Waals surface area contributed by atoms with E-state index in [0.717, 1.165) is 50.1 Å². The van der Waals surface area contributed by atoms with Gasteiger partial charge in [-0.2, -0.15) is 0 Å². The Bertz CT molecular complexity index is 1360. The first-order valence-electron chi connectivity index (χ1n) is 12.3. The van der Waals surface area contributed by atoms with Crippen LogP contribution in [0.2, 0.25) is 0 Å². The topological polar surface area (TPSA) is 44.8 Å². The zero-order valence-corrected chi connectivity index (χ0v) is 22.5. The Hall–Kier alpha value is -3.02. The highest BCUT2D eigenvalue weighted by Crippen LogP contribution is 2.38. The Morgan fingerprint density at radius 2 is 1.56 bits per heavy atom. The highest BCUT2D eigenvalue weighted by Gasteiger charge is 2.33. The molecule has 4 nitrogen and oxygen atoms in total. The van der Waals surface area contributed by atoms with Crippen molar-refractivity contribution in [2.75, 3.05) is 26.1 Å². The van der Waals surface area contributed by atoms with Crippen molar-refractivity contribution >= 4 is 39.1 Å². The minimum absolute atomic E-state index is 0.145. The van der Waals surface area contributed by atoms with E-state index < -0.39 is 0 Å². The Kier molecular flexibility index (Phi) is 8.22. The maximum atomic E-state index is 13.8. The van der Waals surface area contributed by atoms with Gasteiger partial charge in [0.05, 0.1) is 19.0 Å². The van der Waals surface area contributed by atoms with Crippen LogP contribution in [0.1, 0.15) is 38.1 Å². The lowest BCUT2D eigenvalue weighted by Crippen LogP contribution is -2.32. The molecular formula is C31H34O4S. The summed E-state index contributed by atoms with van der Waals surface area (Å²) < 4.78 is 17.2. The van der Waals surface area contributed by atoms with Gasteiger partial charge in [0, 0.05) is 23.3 Å². The van der Waals surface area contributed by atoms with E-state index in [1.807, 2.05) is 79.7 Å². The Morgan fingerprint density at radius 3 is 2.22 bits per heavy atom. The van der Waals surface area contributed by atoms with Crippen LogP contribution in [0.25, 0.3) is 21.5 Å². The molecule has 5 heteroatoms. The van der Waals surface area contributed by atoms with E-state index in [4.69, 9.17) is 14.2 Å². The number of rotatable bonds is 10. The summed E-state index contributed by atoms with van der Waals surface area (Å²) in [5, 5.41) is 3.81. The van der Waals surface area contributed by atoms with Crippen LogP contribution in [0.5, 0.6) is 17.2 Å². The SMILES string of the molecule is CCOCCSC(C(=O)c1ccc(Oc2ccc3cc(OC)ccc3c2)c2ccccc12)C(C)(C)C. The number of hydrogen-bond donors (Lipinski definition) is 0. The third kappa shape index (κ3) is 5.85. The van der Waals surface area contributed by atoms with Gasteiger partial charge in [-0.1, -0.05) is 57.2 Å². The maximum Gasteiger partial charge on any atom is 0.176 e. The second-order valence-corrected chi connectivity index (χ2v) is 11.0. The third-order valence-electron chi connectivity index (χ3n) is 6.14. The van der Waals surface area contributed by atoms with Crippen molar-refractivity contribution in [1.82, 2.24) is 0 Å². The van der Waals surface area contributed by atoms with Crippen LogP contribution in [-0.2, 0) is 4.74 Å². The molecular weight excluding hydrogens is 468 g/mol. The average Bonchev–Trinajstić information content (AvgIpc) is 2.87. The van der Waals surface area contributed by atoms with Gasteiger partial charge in [0.25, 0.3) is 0 Å². The van der Waals surface area contributed by atoms with Crippen LogP contribution >= 0.6 is 11.8 Å². The van der Waals surface area contributed by atoms with Crippen LogP contribution in [0.3, 0.4) is 0 Å². The van der Waals surface area contributed by atoms with E-state index in [1.165, 1.54) is 0 Å². The molecule has 0 spiro atoms. The lowest BCUT2D eigenvalue weighted by Gasteiger charge is -2.29. The van der Waals surface area contributed by atoms with Gasteiger partial charge >= 0.3 is 0 Å². The van der Waals surface area contributed by atoms with Gasteiger partial charge in [-0.05, 0) is 64.9 Å². The second kappa shape index (κ2) is 11.4. The number of ether oxygens (including phenoxy) is 3. The molecule has 0 aliphatic heterocycles. The molecule has 1 unspecified atom stereocenters. The van der Waals surface area contributed by atoms with Crippen molar-refractivity contribution < 1.29 is 19.0 Å².